The standard InChI is InChI=1S/C15H13ClO5/c1-20-13-7-9(8-17)5-6-11(13)21-12-4-2-3-10(16)14(12)15(18)19/h2-7,17H,8H2,1H3,(H,18,19). The maximum absolute atomic E-state index is 11.3. The molecule has 0 aliphatic rings. The molecule has 2 rings (SSSR count). The molecule has 2 aromatic rings. The van der Waals surface area contributed by atoms with E-state index < -0.39 is 5.97 Å². The minimum absolute atomic E-state index is 0.0888. The van der Waals surface area contributed by atoms with Gasteiger partial charge in [0, 0.05) is 0 Å². The van der Waals surface area contributed by atoms with Gasteiger partial charge in [0.2, 0.25) is 0 Å². The van der Waals surface area contributed by atoms with E-state index in [1.165, 1.54) is 19.2 Å². The van der Waals surface area contributed by atoms with Crippen molar-refractivity contribution in [2.24, 2.45) is 0 Å². The van der Waals surface area contributed by atoms with E-state index in [0.717, 1.165) is 0 Å². The smallest absolute Gasteiger partial charge is 0.341 e. The maximum Gasteiger partial charge on any atom is 0.341 e. The third-order valence-corrected chi connectivity index (χ3v) is 3.13. The van der Waals surface area contributed by atoms with Crippen LogP contribution in [0.2, 0.25) is 5.02 Å². The number of methoxy groups -OCH3 is 1. The minimum atomic E-state index is -1.18. The van der Waals surface area contributed by atoms with E-state index in [9.17, 15) is 9.90 Å². The predicted octanol–water partition coefficient (Wildman–Crippen LogP) is 3.33. The molecule has 110 valence electrons. The molecule has 2 N–H and O–H groups in total. The lowest BCUT2D eigenvalue weighted by molar-refractivity contribution is 0.0694. The van der Waals surface area contributed by atoms with Gasteiger partial charge in [0.15, 0.2) is 11.5 Å². The Bertz CT molecular complexity index is 669. The van der Waals surface area contributed by atoms with Crippen LogP contribution in [0.5, 0.6) is 17.2 Å². The van der Waals surface area contributed by atoms with Crippen molar-refractivity contribution in [1.29, 1.82) is 0 Å². The molecule has 0 aliphatic carbocycles. The molecule has 0 aromatic heterocycles. The van der Waals surface area contributed by atoms with E-state index in [0.29, 0.717) is 17.1 Å². The first-order valence-corrected chi connectivity index (χ1v) is 6.42. The predicted molar refractivity (Wildman–Crippen MR) is 77.4 cm³/mol. The van der Waals surface area contributed by atoms with Gasteiger partial charge in [-0.15, -0.1) is 0 Å². The first-order chi connectivity index (χ1) is 10.1. The van der Waals surface area contributed by atoms with Crippen LogP contribution >= 0.6 is 11.6 Å². The Morgan fingerprint density at radius 2 is 1.95 bits per heavy atom. The molecule has 2 aromatic carbocycles. The van der Waals surface area contributed by atoms with Gasteiger partial charge in [-0.2, -0.15) is 0 Å². The van der Waals surface area contributed by atoms with E-state index in [2.05, 4.69) is 0 Å². The molecule has 5 nitrogen and oxygen atoms in total. The van der Waals surface area contributed by atoms with Crippen molar-refractivity contribution in [2.45, 2.75) is 6.61 Å². The highest BCUT2D eigenvalue weighted by atomic mass is 35.5. The average Bonchev–Trinajstić information content (AvgIpc) is 2.47. The Hall–Kier alpha value is -2.24. The van der Waals surface area contributed by atoms with E-state index in [-0.39, 0.29) is 22.9 Å². The Balaban J connectivity index is 2.43. The molecule has 0 aliphatic heterocycles. The largest absolute Gasteiger partial charge is 0.493 e. The van der Waals surface area contributed by atoms with Gasteiger partial charge in [-0.1, -0.05) is 23.7 Å². The summed E-state index contributed by atoms with van der Waals surface area (Å²) in [5.74, 6) is -0.344. The summed E-state index contributed by atoms with van der Waals surface area (Å²) in [6.45, 7) is -0.131. The van der Waals surface area contributed by atoms with Crippen LogP contribution < -0.4 is 9.47 Å². The Labute approximate surface area is 126 Å². The number of hydrogen-bond donors (Lipinski definition) is 2. The molecule has 0 amide bonds. The lowest BCUT2D eigenvalue weighted by Gasteiger charge is -2.13. The summed E-state index contributed by atoms with van der Waals surface area (Å²) < 4.78 is 10.8. The highest BCUT2D eigenvalue weighted by molar-refractivity contribution is 6.33. The van der Waals surface area contributed by atoms with Crippen LogP contribution in [0, 0.1) is 0 Å². The van der Waals surface area contributed by atoms with E-state index in [1.807, 2.05) is 0 Å². The number of hydrogen-bond acceptors (Lipinski definition) is 4. The molecule has 0 heterocycles. The summed E-state index contributed by atoms with van der Waals surface area (Å²) in [5, 5.41) is 18.4. The number of aliphatic hydroxyl groups is 1. The first-order valence-electron chi connectivity index (χ1n) is 6.04. The molecule has 6 heteroatoms. The fourth-order valence-electron chi connectivity index (χ4n) is 1.81. The second-order valence-corrected chi connectivity index (χ2v) is 4.57. The Morgan fingerprint density at radius 1 is 1.19 bits per heavy atom. The molecule has 0 saturated carbocycles. The highest BCUT2D eigenvalue weighted by Crippen LogP contribution is 2.35. The first kappa shape index (κ1) is 15.2. The maximum atomic E-state index is 11.3. The van der Waals surface area contributed by atoms with Crippen molar-refractivity contribution in [1.82, 2.24) is 0 Å². The van der Waals surface area contributed by atoms with Crippen molar-refractivity contribution in [3.05, 3.63) is 52.5 Å². The lowest BCUT2D eigenvalue weighted by atomic mass is 10.2. The molecule has 0 saturated heterocycles. The topological polar surface area (TPSA) is 76.0 Å². The van der Waals surface area contributed by atoms with E-state index >= 15 is 0 Å². The van der Waals surface area contributed by atoms with Gasteiger partial charge in [-0.25, -0.2) is 4.79 Å². The number of benzene rings is 2. The summed E-state index contributed by atoms with van der Waals surface area (Å²) in [4.78, 5) is 11.3. The Kier molecular flexibility index (Phi) is 4.67. The highest BCUT2D eigenvalue weighted by Gasteiger charge is 2.17. The van der Waals surface area contributed by atoms with E-state index in [1.54, 1.807) is 24.3 Å². The molecular formula is C15H13ClO5. The minimum Gasteiger partial charge on any atom is -0.493 e. The zero-order valence-corrected chi connectivity index (χ0v) is 11.9. The van der Waals surface area contributed by atoms with Gasteiger partial charge >= 0.3 is 5.97 Å². The van der Waals surface area contributed by atoms with Crippen molar-refractivity contribution in [3.63, 3.8) is 0 Å². The number of carbonyl (C=O) groups is 1. The summed E-state index contributed by atoms with van der Waals surface area (Å²) in [6, 6.07) is 9.44. The summed E-state index contributed by atoms with van der Waals surface area (Å²) in [7, 11) is 1.46. The van der Waals surface area contributed by atoms with Crippen molar-refractivity contribution >= 4 is 17.6 Å². The van der Waals surface area contributed by atoms with Gasteiger partial charge in [-0.3, -0.25) is 0 Å². The van der Waals surface area contributed by atoms with Crippen LogP contribution in [0.3, 0.4) is 0 Å². The van der Waals surface area contributed by atoms with Crippen molar-refractivity contribution < 1.29 is 24.5 Å². The zero-order chi connectivity index (χ0) is 15.4. The van der Waals surface area contributed by atoms with Crippen LogP contribution in [0.1, 0.15) is 15.9 Å². The van der Waals surface area contributed by atoms with E-state index in [4.69, 9.17) is 26.2 Å². The van der Waals surface area contributed by atoms with Gasteiger partial charge in [0.05, 0.1) is 18.7 Å². The molecule has 0 bridgehead atoms. The second kappa shape index (κ2) is 6.47. The second-order valence-electron chi connectivity index (χ2n) is 4.16. The number of ether oxygens (including phenoxy) is 2. The van der Waals surface area contributed by atoms with Gasteiger partial charge in [0.1, 0.15) is 11.3 Å². The SMILES string of the molecule is COc1cc(CO)ccc1Oc1cccc(Cl)c1C(=O)O. The molecule has 0 fully saturated rings. The molecule has 0 spiro atoms. The summed E-state index contributed by atoms with van der Waals surface area (Å²) in [5.41, 5.74) is 0.538. The van der Waals surface area contributed by atoms with Crippen molar-refractivity contribution in [3.8, 4) is 17.2 Å². The molecule has 0 radical (unpaired) electrons. The molecule has 0 unspecified atom stereocenters. The van der Waals surface area contributed by atoms with Gasteiger partial charge < -0.3 is 19.7 Å². The number of rotatable bonds is 5. The average molecular weight is 309 g/mol. The molecule has 21 heavy (non-hydrogen) atoms. The summed E-state index contributed by atoms with van der Waals surface area (Å²) in [6.07, 6.45) is 0. The fraction of sp³-hybridized carbons (Fsp3) is 0.133. The number of halogens is 1. The van der Waals surface area contributed by atoms with Crippen LogP contribution in [-0.4, -0.2) is 23.3 Å². The summed E-state index contributed by atoms with van der Waals surface area (Å²) >= 11 is 5.89. The van der Waals surface area contributed by atoms with Crippen molar-refractivity contribution in [2.75, 3.05) is 7.11 Å². The fourth-order valence-corrected chi connectivity index (χ4v) is 2.06. The number of aromatic carboxylic acids is 1. The normalized spacial score (nSPS) is 10.2. The third-order valence-electron chi connectivity index (χ3n) is 2.82. The number of carboxylic acid groups (broad SMARTS) is 1. The lowest BCUT2D eigenvalue weighted by Crippen LogP contribution is -2.02. The molecule has 0 atom stereocenters. The van der Waals surface area contributed by atoms with Gasteiger partial charge in [0.25, 0.3) is 0 Å². The van der Waals surface area contributed by atoms with Crippen LogP contribution in [0.15, 0.2) is 36.4 Å². The number of aliphatic hydroxyl groups excluding tert-OH is 1. The van der Waals surface area contributed by atoms with Crippen LogP contribution in [0.4, 0.5) is 0 Å². The molecular weight excluding hydrogens is 296 g/mol. The monoisotopic (exact) mass is 308 g/mol. The third kappa shape index (κ3) is 3.26. The van der Waals surface area contributed by atoms with Gasteiger partial charge in [-0.05, 0) is 29.8 Å². The van der Waals surface area contributed by atoms with Crippen LogP contribution in [0.25, 0.3) is 0 Å². The number of carboxylic acids is 1. The Morgan fingerprint density at radius 3 is 2.57 bits per heavy atom. The quantitative estimate of drug-likeness (QED) is 0.886. The van der Waals surface area contributed by atoms with Crippen LogP contribution in [-0.2, 0) is 6.61 Å². The zero-order valence-electron chi connectivity index (χ0n) is 11.2.